The summed E-state index contributed by atoms with van der Waals surface area (Å²) in [7, 11) is -4.06. The van der Waals surface area contributed by atoms with E-state index in [2.05, 4.69) is 4.72 Å². The second-order valence-electron chi connectivity index (χ2n) is 12.6. The molecule has 5 rings (SSSR count). The average molecular weight is 712 g/mol. The molecule has 1 amide bonds. The molecule has 0 bridgehead atoms. The lowest BCUT2D eigenvalue weighted by molar-refractivity contribution is -0.186. The number of morpholine rings is 1. The van der Waals surface area contributed by atoms with Crippen molar-refractivity contribution in [3.8, 4) is 0 Å². The molecule has 8 nitrogen and oxygen atoms in total. The first-order chi connectivity index (χ1) is 21.7. The zero-order chi connectivity index (χ0) is 33.4. The number of nitrogens with zero attached hydrogens (tertiary/aromatic N) is 1. The van der Waals surface area contributed by atoms with Crippen LogP contribution in [0.4, 0.5) is 4.39 Å². The number of carbonyl (C=O) groups excluding carboxylic acids is 2. The number of esters is 1. The van der Waals surface area contributed by atoms with Gasteiger partial charge in [0.25, 0.3) is 5.91 Å². The molecule has 1 aliphatic carbocycles. The summed E-state index contributed by atoms with van der Waals surface area (Å²) in [6.45, 7) is 6.91. The fraction of sp³-hybridized carbons (Fsp3) is 0.455. The number of hydrogen-bond acceptors (Lipinski definition) is 7. The second-order valence-corrected chi connectivity index (χ2v) is 16.9. The van der Waals surface area contributed by atoms with E-state index in [4.69, 9.17) is 32.7 Å². The zero-order valence-electron chi connectivity index (χ0n) is 26.0. The molecule has 1 saturated carbocycles. The van der Waals surface area contributed by atoms with Gasteiger partial charge in [0.05, 0.1) is 16.8 Å². The lowest BCUT2D eigenvalue weighted by Gasteiger charge is -2.47. The summed E-state index contributed by atoms with van der Waals surface area (Å²) < 4.78 is 56.1. The van der Waals surface area contributed by atoms with E-state index in [1.165, 1.54) is 29.5 Å². The Bertz CT molecular complexity index is 1710. The normalized spacial score (nSPS) is 22.0. The number of hydrogen-bond donors (Lipinski definition) is 1. The molecule has 1 aromatic heterocycles. The fourth-order valence-electron chi connectivity index (χ4n) is 5.96. The van der Waals surface area contributed by atoms with E-state index in [1.54, 1.807) is 62.1 Å². The first-order valence-electron chi connectivity index (χ1n) is 15.1. The summed E-state index contributed by atoms with van der Waals surface area (Å²) in [4.78, 5) is 29.7. The van der Waals surface area contributed by atoms with Crippen LogP contribution in [0.25, 0.3) is 0 Å². The number of benzene rings is 2. The number of ether oxygens (including phenoxy) is 2. The Balaban J connectivity index is 1.52. The van der Waals surface area contributed by atoms with Gasteiger partial charge in [-0.2, -0.15) is 0 Å². The van der Waals surface area contributed by atoms with Gasteiger partial charge >= 0.3 is 5.97 Å². The van der Waals surface area contributed by atoms with Gasteiger partial charge in [-0.05, 0) is 75.9 Å². The maximum absolute atomic E-state index is 14.8. The highest BCUT2D eigenvalue weighted by Crippen LogP contribution is 2.53. The first-order valence-corrected chi connectivity index (χ1v) is 18.2. The summed E-state index contributed by atoms with van der Waals surface area (Å²) >= 11 is 14.0. The zero-order valence-corrected chi connectivity index (χ0v) is 29.1. The van der Waals surface area contributed by atoms with Crippen LogP contribution < -0.4 is 4.72 Å². The Morgan fingerprint density at radius 1 is 1.15 bits per heavy atom. The Hall–Kier alpha value is -2.54. The van der Waals surface area contributed by atoms with E-state index < -0.39 is 62.4 Å². The molecule has 1 saturated heterocycles. The van der Waals surface area contributed by atoms with E-state index in [9.17, 15) is 22.4 Å². The van der Waals surface area contributed by atoms with E-state index in [1.807, 2.05) is 13.0 Å². The van der Waals surface area contributed by atoms with Crippen LogP contribution in [0.2, 0.25) is 9.36 Å². The predicted molar refractivity (Wildman–Crippen MR) is 177 cm³/mol. The summed E-state index contributed by atoms with van der Waals surface area (Å²) in [5.41, 5.74) is 0.0152. The van der Waals surface area contributed by atoms with Gasteiger partial charge in [-0.25, -0.2) is 17.5 Å². The smallest absolute Gasteiger partial charge is 0.309 e. The van der Waals surface area contributed by atoms with Crippen molar-refractivity contribution >= 4 is 56.4 Å². The maximum atomic E-state index is 14.8. The molecule has 248 valence electrons. The van der Waals surface area contributed by atoms with Gasteiger partial charge in [0.2, 0.25) is 10.0 Å². The van der Waals surface area contributed by atoms with Crippen molar-refractivity contribution in [1.29, 1.82) is 0 Å². The standard InChI is InChI=1S/C33H37Cl2FN2O6S2/c1-5-22(19-37-46(41,42)33(15-16-33)23-11-6-7-12-24(23)36)38-29(26-13-14-27(35)45-26)30(20-9-8-10-21(34)17-20)43-25(31(38)40)18-28(39)44-32(2,3)4/h6-14,17,22,25,29-30,37H,5,15-16,18-19H2,1-4H3/t22-,25+,29+,30+/m0/s1. The van der Waals surface area contributed by atoms with Crippen molar-refractivity contribution in [2.75, 3.05) is 6.54 Å². The molecule has 2 aromatic carbocycles. The molecule has 1 aliphatic heterocycles. The minimum absolute atomic E-state index is 0.127. The topological polar surface area (TPSA) is 102 Å². The van der Waals surface area contributed by atoms with Crippen molar-refractivity contribution in [2.45, 2.75) is 88.0 Å². The highest BCUT2D eigenvalue weighted by molar-refractivity contribution is 7.90. The predicted octanol–water partition coefficient (Wildman–Crippen LogP) is 7.32. The SMILES string of the molecule is CC[C@@H](CNS(=O)(=O)C1(c2ccccc2F)CC1)N1C(=O)[C@@H](CC(=O)OC(C)(C)C)O[C@H](c2cccc(Cl)c2)[C@H]1c1ccc(Cl)s1. The molecule has 4 atom stereocenters. The number of amides is 1. The van der Waals surface area contributed by atoms with Crippen LogP contribution in [-0.2, 0) is 33.8 Å². The third-order valence-corrected chi connectivity index (χ3v) is 12.0. The molecular formula is C33H37Cl2FN2O6S2. The van der Waals surface area contributed by atoms with Crippen molar-refractivity contribution in [3.63, 3.8) is 0 Å². The van der Waals surface area contributed by atoms with Gasteiger partial charge in [-0.15, -0.1) is 11.3 Å². The molecule has 0 spiro atoms. The first kappa shape index (κ1) is 34.8. The van der Waals surface area contributed by atoms with Crippen molar-refractivity contribution in [1.82, 2.24) is 9.62 Å². The molecule has 2 fully saturated rings. The van der Waals surface area contributed by atoms with Gasteiger partial charge < -0.3 is 14.4 Å². The van der Waals surface area contributed by atoms with Gasteiger partial charge in [-0.1, -0.05) is 60.5 Å². The lowest BCUT2D eigenvalue weighted by Crippen LogP contribution is -2.57. The molecule has 2 aliphatic rings. The molecule has 3 aromatic rings. The number of rotatable bonds is 11. The van der Waals surface area contributed by atoms with E-state index >= 15 is 0 Å². The van der Waals surface area contributed by atoms with Crippen molar-refractivity contribution < 1.29 is 31.9 Å². The Kier molecular flexibility index (Phi) is 10.2. The minimum atomic E-state index is -4.06. The summed E-state index contributed by atoms with van der Waals surface area (Å²) in [5.74, 6) is -1.67. The number of nitrogens with one attached hydrogen (secondary N) is 1. The molecule has 46 heavy (non-hydrogen) atoms. The molecular weight excluding hydrogens is 674 g/mol. The molecule has 2 heterocycles. The van der Waals surface area contributed by atoms with Crippen molar-refractivity contribution in [3.05, 3.63) is 91.8 Å². The third kappa shape index (κ3) is 7.29. The number of thiophene rings is 1. The van der Waals surface area contributed by atoms with Crippen LogP contribution in [0.3, 0.4) is 0 Å². The van der Waals surface area contributed by atoms with Crippen LogP contribution in [-0.4, -0.2) is 49.5 Å². The lowest BCUT2D eigenvalue weighted by atomic mass is 9.93. The Morgan fingerprint density at radius 2 is 1.87 bits per heavy atom. The summed E-state index contributed by atoms with van der Waals surface area (Å²) in [6, 6.07) is 15.1. The van der Waals surface area contributed by atoms with Gasteiger partial charge in [-0.3, -0.25) is 9.59 Å². The van der Waals surface area contributed by atoms with Gasteiger partial charge in [0.1, 0.15) is 28.4 Å². The molecule has 0 unspecified atom stereocenters. The minimum Gasteiger partial charge on any atom is -0.460 e. The number of halogens is 3. The second kappa shape index (κ2) is 13.5. The fourth-order valence-corrected chi connectivity index (χ4v) is 9.13. The van der Waals surface area contributed by atoms with Crippen LogP contribution in [0.1, 0.15) is 81.5 Å². The Labute approximate surface area is 283 Å². The highest BCUT2D eigenvalue weighted by Gasteiger charge is 2.57. The average Bonchev–Trinajstić information content (AvgIpc) is 3.69. The van der Waals surface area contributed by atoms with Crippen LogP contribution in [0, 0.1) is 5.82 Å². The van der Waals surface area contributed by atoms with Crippen molar-refractivity contribution in [2.24, 2.45) is 0 Å². The summed E-state index contributed by atoms with van der Waals surface area (Å²) in [5, 5.41) is 0.457. The number of sulfonamides is 1. The molecule has 1 N–H and O–H groups in total. The quantitative estimate of drug-likeness (QED) is 0.209. The van der Waals surface area contributed by atoms with Crippen LogP contribution >= 0.6 is 34.5 Å². The van der Waals surface area contributed by atoms with Gasteiger partial charge in [0.15, 0.2) is 0 Å². The third-order valence-electron chi connectivity index (χ3n) is 8.22. The maximum Gasteiger partial charge on any atom is 0.309 e. The largest absolute Gasteiger partial charge is 0.460 e. The molecule has 0 radical (unpaired) electrons. The summed E-state index contributed by atoms with van der Waals surface area (Å²) in [6.07, 6.45) is -1.43. The van der Waals surface area contributed by atoms with E-state index in [0.717, 1.165) is 0 Å². The van der Waals surface area contributed by atoms with Crippen LogP contribution in [0.5, 0.6) is 0 Å². The van der Waals surface area contributed by atoms with Crippen LogP contribution in [0.15, 0.2) is 60.7 Å². The number of carbonyl (C=O) groups is 2. The monoisotopic (exact) mass is 710 g/mol. The molecule has 13 heteroatoms. The Morgan fingerprint density at radius 3 is 2.46 bits per heavy atom. The highest BCUT2D eigenvalue weighted by atomic mass is 35.5. The van der Waals surface area contributed by atoms with Gasteiger partial charge in [0, 0.05) is 28.0 Å². The van der Waals surface area contributed by atoms with E-state index in [0.29, 0.717) is 26.2 Å². The van der Waals surface area contributed by atoms with E-state index in [-0.39, 0.29) is 31.4 Å².